The number of nitrogens with one attached hydrogen (secondary N) is 1. The molecule has 9 nitrogen and oxygen atoms in total. The molecule has 1 aromatic heterocycles. The predicted molar refractivity (Wildman–Crippen MR) is 91.1 cm³/mol. The summed E-state index contributed by atoms with van der Waals surface area (Å²) >= 11 is 1.35. The first kappa shape index (κ1) is 16.6. The van der Waals surface area contributed by atoms with Gasteiger partial charge in [-0.25, -0.2) is 13.4 Å². The first-order valence-electron chi connectivity index (χ1n) is 8.16. The summed E-state index contributed by atoms with van der Waals surface area (Å²) in [5.41, 5.74) is 0.215. The van der Waals surface area contributed by atoms with Crippen molar-refractivity contribution in [2.45, 2.75) is 44.1 Å². The van der Waals surface area contributed by atoms with E-state index in [1.165, 1.54) is 16.3 Å². The SMILES string of the molecule is O=C(Nc1nnc(C2CC2)s1)C1=NN([C@@H]2CCS(=O)(=O)C2)C(=O)CC1. The molecule has 1 aromatic rings. The van der Waals surface area contributed by atoms with Gasteiger partial charge in [-0.3, -0.25) is 14.9 Å². The molecule has 11 heteroatoms. The Morgan fingerprint density at radius 1 is 1.20 bits per heavy atom. The Morgan fingerprint density at radius 2 is 2.00 bits per heavy atom. The van der Waals surface area contributed by atoms with E-state index in [4.69, 9.17) is 0 Å². The average molecular weight is 383 g/mol. The maximum Gasteiger partial charge on any atom is 0.273 e. The van der Waals surface area contributed by atoms with Crippen molar-refractivity contribution in [3.8, 4) is 0 Å². The van der Waals surface area contributed by atoms with E-state index in [2.05, 4.69) is 20.6 Å². The van der Waals surface area contributed by atoms with Gasteiger partial charge in [0.1, 0.15) is 10.7 Å². The number of amides is 2. The molecule has 1 N–H and O–H groups in total. The number of anilines is 1. The van der Waals surface area contributed by atoms with Gasteiger partial charge < -0.3 is 0 Å². The maximum absolute atomic E-state index is 12.4. The zero-order chi connectivity index (χ0) is 17.6. The van der Waals surface area contributed by atoms with E-state index >= 15 is 0 Å². The van der Waals surface area contributed by atoms with Gasteiger partial charge >= 0.3 is 0 Å². The van der Waals surface area contributed by atoms with Crippen molar-refractivity contribution in [3.63, 3.8) is 0 Å². The summed E-state index contributed by atoms with van der Waals surface area (Å²) in [4.78, 5) is 24.5. The molecule has 1 saturated heterocycles. The van der Waals surface area contributed by atoms with Gasteiger partial charge in [0.25, 0.3) is 5.91 Å². The van der Waals surface area contributed by atoms with Crippen LogP contribution in [0.4, 0.5) is 5.13 Å². The lowest BCUT2D eigenvalue weighted by molar-refractivity contribution is -0.133. The summed E-state index contributed by atoms with van der Waals surface area (Å²) in [6.07, 6.45) is 2.95. The van der Waals surface area contributed by atoms with Crippen LogP contribution in [-0.2, 0) is 19.4 Å². The standard InChI is InChI=1S/C14H17N5O4S2/c20-11-4-3-10(18-19(11)9-5-6-25(22,23)7-9)12(21)15-14-17-16-13(24-14)8-1-2-8/h8-9H,1-7H2,(H,15,17,21)/t9-/m1/s1. The van der Waals surface area contributed by atoms with Gasteiger partial charge in [0.15, 0.2) is 9.84 Å². The molecule has 1 atom stereocenters. The fourth-order valence-corrected chi connectivity index (χ4v) is 5.54. The molecular weight excluding hydrogens is 366 g/mol. The molecular formula is C14H17N5O4S2. The quantitative estimate of drug-likeness (QED) is 0.809. The van der Waals surface area contributed by atoms with Crippen LogP contribution in [0, 0.1) is 0 Å². The lowest BCUT2D eigenvalue weighted by Crippen LogP contribution is -2.42. The minimum absolute atomic E-state index is 0.0488. The summed E-state index contributed by atoms with van der Waals surface area (Å²) in [6, 6.07) is -0.483. The van der Waals surface area contributed by atoms with E-state index in [1.54, 1.807) is 0 Å². The highest BCUT2D eigenvalue weighted by Gasteiger charge is 2.37. The van der Waals surface area contributed by atoms with E-state index in [0.717, 1.165) is 17.8 Å². The van der Waals surface area contributed by atoms with Crippen LogP contribution in [0.15, 0.2) is 5.10 Å². The van der Waals surface area contributed by atoms with Gasteiger partial charge in [-0.1, -0.05) is 11.3 Å². The molecule has 0 aromatic carbocycles. The maximum atomic E-state index is 12.4. The fourth-order valence-electron chi connectivity index (χ4n) is 2.94. The van der Waals surface area contributed by atoms with Crippen LogP contribution >= 0.6 is 11.3 Å². The molecule has 0 radical (unpaired) electrons. The van der Waals surface area contributed by atoms with Gasteiger partial charge in [0, 0.05) is 18.8 Å². The van der Waals surface area contributed by atoms with Crippen LogP contribution < -0.4 is 5.32 Å². The predicted octanol–water partition coefficient (Wildman–Crippen LogP) is 0.519. The Labute approximate surface area is 148 Å². The van der Waals surface area contributed by atoms with Crippen LogP contribution in [0.2, 0.25) is 0 Å². The zero-order valence-corrected chi connectivity index (χ0v) is 15.0. The van der Waals surface area contributed by atoms with Crippen LogP contribution in [0.3, 0.4) is 0 Å². The first-order valence-corrected chi connectivity index (χ1v) is 10.8. The summed E-state index contributed by atoms with van der Waals surface area (Å²) in [7, 11) is -3.13. The van der Waals surface area contributed by atoms with Crippen molar-refractivity contribution >= 4 is 43.8 Å². The van der Waals surface area contributed by atoms with Crippen LogP contribution in [0.1, 0.15) is 43.0 Å². The molecule has 2 fully saturated rings. The minimum Gasteiger partial charge on any atom is -0.295 e. The average Bonchev–Trinajstić information content (AvgIpc) is 3.21. The second-order valence-corrected chi connectivity index (χ2v) is 9.75. The van der Waals surface area contributed by atoms with Gasteiger partial charge in [-0.15, -0.1) is 10.2 Å². The Morgan fingerprint density at radius 3 is 2.68 bits per heavy atom. The number of hydrogen-bond donors (Lipinski definition) is 1. The number of aromatic nitrogens is 2. The van der Waals surface area contributed by atoms with E-state index in [1.807, 2.05) is 0 Å². The lowest BCUT2D eigenvalue weighted by Gasteiger charge is -2.27. The Hall–Kier alpha value is -1.88. The molecule has 2 aliphatic heterocycles. The molecule has 134 valence electrons. The molecule has 3 heterocycles. The monoisotopic (exact) mass is 383 g/mol. The van der Waals surface area contributed by atoms with Crippen LogP contribution in [-0.4, -0.2) is 58.7 Å². The first-order chi connectivity index (χ1) is 11.9. The third kappa shape index (κ3) is 3.56. The highest BCUT2D eigenvalue weighted by molar-refractivity contribution is 7.91. The van der Waals surface area contributed by atoms with E-state index in [-0.39, 0.29) is 36.0 Å². The van der Waals surface area contributed by atoms with Crippen LogP contribution in [0.25, 0.3) is 0 Å². The third-order valence-corrected chi connectivity index (χ3v) is 7.22. The zero-order valence-electron chi connectivity index (χ0n) is 13.3. The highest BCUT2D eigenvalue weighted by atomic mass is 32.2. The van der Waals surface area contributed by atoms with Crippen molar-refractivity contribution < 1.29 is 18.0 Å². The third-order valence-electron chi connectivity index (χ3n) is 4.46. The van der Waals surface area contributed by atoms with Crippen molar-refractivity contribution in [2.24, 2.45) is 5.10 Å². The van der Waals surface area contributed by atoms with Crippen molar-refractivity contribution in [1.82, 2.24) is 15.2 Å². The molecule has 2 amide bonds. The summed E-state index contributed by atoms with van der Waals surface area (Å²) < 4.78 is 23.3. The van der Waals surface area contributed by atoms with Crippen LogP contribution in [0.5, 0.6) is 0 Å². The summed E-state index contributed by atoms with van der Waals surface area (Å²) in [5.74, 6) is -0.249. The smallest absolute Gasteiger partial charge is 0.273 e. The molecule has 0 unspecified atom stereocenters. The van der Waals surface area contributed by atoms with Gasteiger partial charge in [0.05, 0.1) is 17.5 Å². The van der Waals surface area contributed by atoms with Crippen molar-refractivity contribution in [2.75, 3.05) is 16.8 Å². The number of carbonyl (C=O) groups excluding carboxylic acids is 2. The topological polar surface area (TPSA) is 122 Å². The van der Waals surface area contributed by atoms with Gasteiger partial charge in [-0.05, 0) is 19.3 Å². The van der Waals surface area contributed by atoms with E-state index < -0.39 is 21.8 Å². The Balaban J connectivity index is 1.47. The molecule has 0 spiro atoms. The number of hydrazone groups is 1. The second-order valence-electron chi connectivity index (χ2n) is 6.52. The summed E-state index contributed by atoms with van der Waals surface area (Å²) in [5, 5.41) is 17.4. The molecule has 25 heavy (non-hydrogen) atoms. The van der Waals surface area contributed by atoms with Crippen molar-refractivity contribution in [3.05, 3.63) is 5.01 Å². The van der Waals surface area contributed by atoms with Crippen molar-refractivity contribution in [1.29, 1.82) is 0 Å². The Bertz CT molecular complexity index is 858. The normalized spacial score (nSPS) is 25.8. The molecule has 1 aliphatic carbocycles. The van der Waals surface area contributed by atoms with E-state index in [0.29, 0.717) is 17.5 Å². The molecule has 3 aliphatic rings. The number of carbonyl (C=O) groups is 2. The lowest BCUT2D eigenvalue weighted by atomic mass is 10.1. The van der Waals surface area contributed by atoms with E-state index in [9.17, 15) is 18.0 Å². The highest BCUT2D eigenvalue weighted by Crippen LogP contribution is 2.42. The Kier molecular flexibility index (Phi) is 4.07. The number of nitrogens with zero attached hydrogens (tertiary/aromatic N) is 4. The number of rotatable bonds is 4. The number of hydrogen-bond acceptors (Lipinski definition) is 8. The molecule has 4 rings (SSSR count). The second kappa shape index (κ2) is 6.13. The number of sulfone groups is 1. The fraction of sp³-hybridized carbons (Fsp3) is 0.643. The minimum atomic E-state index is -3.13. The largest absolute Gasteiger partial charge is 0.295 e. The summed E-state index contributed by atoms with van der Waals surface area (Å²) in [6.45, 7) is 0. The van der Waals surface area contributed by atoms with Gasteiger partial charge in [0.2, 0.25) is 11.0 Å². The van der Waals surface area contributed by atoms with Gasteiger partial charge in [-0.2, -0.15) is 5.10 Å². The molecule has 0 bridgehead atoms. The molecule has 1 saturated carbocycles.